The summed E-state index contributed by atoms with van der Waals surface area (Å²) in [5.74, 6) is 0.987. The van der Waals surface area contributed by atoms with Gasteiger partial charge in [0.05, 0.1) is 0 Å². The van der Waals surface area contributed by atoms with E-state index in [0.717, 1.165) is 5.92 Å². The largest absolute Gasteiger partial charge is 0.306 e. The summed E-state index contributed by atoms with van der Waals surface area (Å²) in [6.07, 6.45) is 4.22. The Morgan fingerprint density at radius 3 is 2.00 bits per heavy atom. The van der Waals surface area contributed by atoms with Crippen LogP contribution in [0.4, 0.5) is 0 Å². The van der Waals surface area contributed by atoms with Gasteiger partial charge in [0.1, 0.15) is 0 Å². The number of rotatable bonds is 1. The van der Waals surface area contributed by atoms with Crippen LogP contribution in [0.3, 0.4) is 0 Å². The average Bonchev–Trinajstić information content (AvgIpc) is 1.91. The van der Waals surface area contributed by atoms with E-state index in [1.165, 1.54) is 32.4 Å². The van der Waals surface area contributed by atoms with E-state index in [4.69, 9.17) is 0 Å². The third-order valence-corrected chi connectivity index (χ3v) is 2.74. The van der Waals surface area contributed by atoms with E-state index in [2.05, 4.69) is 32.7 Å². The van der Waals surface area contributed by atoms with Gasteiger partial charge in [-0.25, -0.2) is 0 Å². The van der Waals surface area contributed by atoms with Gasteiger partial charge in [0.15, 0.2) is 0 Å². The lowest BCUT2D eigenvalue weighted by molar-refractivity contribution is 0.175. The molecule has 0 aromatic rings. The summed E-state index contributed by atoms with van der Waals surface area (Å²) in [7, 11) is 2.23. The molecule has 0 aromatic carbocycles. The Balaban J connectivity index is 0.00000144. The van der Waals surface area contributed by atoms with Gasteiger partial charge >= 0.3 is 0 Å². The van der Waals surface area contributed by atoms with Crippen LogP contribution in [0.1, 0.15) is 47.5 Å². The van der Waals surface area contributed by atoms with E-state index in [9.17, 15) is 0 Å². The van der Waals surface area contributed by atoms with Crippen molar-refractivity contribution in [2.24, 2.45) is 11.3 Å². The third-order valence-electron chi connectivity index (χ3n) is 2.74. The van der Waals surface area contributed by atoms with Crippen molar-refractivity contribution in [3.05, 3.63) is 0 Å². The number of hydrogen-bond acceptors (Lipinski definition) is 1. The van der Waals surface area contributed by atoms with Crippen molar-refractivity contribution >= 4 is 0 Å². The fraction of sp³-hybridized carbons (Fsp3) is 1.00. The summed E-state index contributed by atoms with van der Waals surface area (Å²) in [5, 5.41) is 0. The summed E-state index contributed by atoms with van der Waals surface area (Å²) >= 11 is 0. The van der Waals surface area contributed by atoms with Gasteiger partial charge in [-0.2, -0.15) is 0 Å². The minimum absolute atomic E-state index is 0. The van der Waals surface area contributed by atoms with Crippen LogP contribution in [0.15, 0.2) is 0 Å². The predicted molar refractivity (Wildman–Crippen MR) is 61.0 cm³/mol. The lowest BCUT2D eigenvalue weighted by atomic mass is 9.80. The van der Waals surface area contributed by atoms with Gasteiger partial charge in [0.2, 0.25) is 0 Å². The standard InChI is InChI=1S/C11H23N.CH4/c1-11(2,3)9-10-5-7-12(4)8-6-10;/h10H,5-9H2,1-4H3;1H4. The monoisotopic (exact) mass is 185 g/mol. The lowest BCUT2D eigenvalue weighted by Gasteiger charge is -2.32. The second kappa shape index (κ2) is 4.99. The van der Waals surface area contributed by atoms with E-state index in [1.807, 2.05) is 0 Å². The minimum Gasteiger partial charge on any atom is -0.306 e. The molecule has 0 aromatic heterocycles. The fourth-order valence-corrected chi connectivity index (χ4v) is 2.13. The van der Waals surface area contributed by atoms with Crippen LogP contribution in [0.2, 0.25) is 0 Å². The highest BCUT2D eigenvalue weighted by Gasteiger charge is 2.21. The van der Waals surface area contributed by atoms with E-state index in [1.54, 1.807) is 0 Å². The molecule has 0 atom stereocenters. The normalized spacial score (nSPS) is 21.2. The SMILES string of the molecule is C.CN1CCC(CC(C)(C)C)CC1. The van der Waals surface area contributed by atoms with Crippen LogP contribution < -0.4 is 0 Å². The number of nitrogens with zero attached hydrogens (tertiary/aromatic N) is 1. The molecule has 0 aliphatic carbocycles. The van der Waals surface area contributed by atoms with Crippen molar-refractivity contribution in [3.63, 3.8) is 0 Å². The van der Waals surface area contributed by atoms with E-state index >= 15 is 0 Å². The molecule has 80 valence electrons. The summed E-state index contributed by atoms with van der Waals surface area (Å²) in [6.45, 7) is 9.67. The smallest absolute Gasteiger partial charge is 0.00191 e. The van der Waals surface area contributed by atoms with Gasteiger partial charge in [0, 0.05) is 0 Å². The first kappa shape index (κ1) is 13.0. The van der Waals surface area contributed by atoms with E-state index < -0.39 is 0 Å². The summed E-state index contributed by atoms with van der Waals surface area (Å²) < 4.78 is 0. The lowest BCUT2D eigenvalue weighted by Crippen LogP contribution is -2.31. The van der Waals surface area contributed by atoms with Gasteiger partial charge in [0.25, 0.3) is 0 Å². The maximum atomic E-state index is 2.44. The number of hydrogen-bond donors (Lipinski definition) is 0. The fourth-order valence-electron chi connectivity index (χ4n) is 2.13. The highest BCUT2D eigenvalue weighted by Crippen LogP contribution is 2.30. The number of likely N-dealkylation sites (tertiary alicyclic amines) is 1. The third kappa shape index (κ3) is 5.30. The summed E-state index contributed by atoms with van der Waals surface area (Å²) in [6, 6.07) is 0. The maximum Gasteiger partial charge on any atom is -0.00191 e. The molecule has 1 nitrogen and oxygen atoms in total. The van der Waals surface area contributed by atoms with Crippen molar-refractivity contribution in [1.29, 1.82) is 0 Å². The van der Waals surface area contributed by atoms with Crippen LogP contribution in [0, 0.1) is 11.3 Å². The average molecular weight is 185 g/mol. The van der Waals surface area contributed by atoms with E-state index in [-0.39, 0.29) is 7.43 Å². The first-order valence-corrected chi connectivity index (χ1v) is 5.16. The zero-order valence-corrected chi connectivity index (χ0v) is 9.06. The van der Waals surface area contributed by atoms with Crippen molar-refractivity contribution < 1.29 is 0 Å². The van der Waals surface area contributed by atoms with Crippen molar-refractivity contribution in [3.8, 4) is 0 Å². The minimum atomic E-state index is 0. The Labute approximate surface area is 84.5 Å². The molecule has 0 N–H and O–H groups in total. The highest BCUT2D eigenvalue weighted by atomic mass is 15.1. The molecule has 1 aliphatic rings. The molecule has 1 saturated heterocycles. The molecular formula is C12H27N. The topological polar surface area (TPSA) is 3.24 Å². The second-order valence-corrected chi connectivity index (χ2v) is 5.51. The van der Waals surface area contributed by atoms with Crippen LogP contribution in [0.25, 0.3) is 0 Å². The molecule has 1 rings (SSSR count). The molecular weight excluding hydrogens is 158 g/mol. The van der Waals surface area contributed by atoms with Gasteiger partial charge < -0.3 is 4.90 Å². The molecule has 1 heterocycles. The Morgan fingerprint density at radius 2 is 1.62 bits per heavy atom. The molecule has 1 heteroatoms. The zero-order valence-electron chi connectivity index (χ0n) is 9.06. The molecule has 13 heavy (non-hydrogen) atoms. The van der Waals surface area contributed by atoms with E-state index in [0.29, 0.717) is 5.41 Å². The van der Waals surface area contributed by atoms with Gasteiger partial charge in [-0.1, -0.05) is 28.2 Å². The Morgan fingerprint density at radius 1 is 1.15 bits per heavy atom. The van der Waals surface area contributed by atoms with Crippen LogP contribution >= 0.6 is 0 Å². The first-order valence-electron chi connectivity index (χ1n) is 5.16. The highest BCUT2D eigenvalue weighted by molar-refractivity contribution is 4.74. The predicted octanol–water partition coefficient (Wildman–Crippen LogP) is 3.40. The maximum absolute atomic E-state index is 2.44. The quantitative estimate of drug-likeness (QED) is 0.605. The molecule has 0 unspecified atom stereocenters. The van der Waals surface area contributed by atoms with Gasteiger partial charge in [-0.15, -0.1) is 0 Å². The molecule has 1 aliphatic heterocycles. The molecule has 0 radical (unpaired) electrons. The van der Waals surface area contributed by atoms with Gasteiger partial charge in [-0.3, -0.25) is 0 Å². The molecule has 0 spiro atoms. The Hall–Kier alpha value is -0.0400. The number of piperidine rings is 1. The summed E-state index contributed by atoms with van der Waals surface area (Å²) in [4.78, 5) is 2.44. The Kier molecular flexibility index (Phi) is 4.98. The van der Waals surface area contributed by atoms with Crippen LogP contribution in [0.5, 0.6) is 0 Å². The molecule has 0 bridgehead atoms. The first-order chi connectivity index (χ1) is 5.47. The molecule has 1 fully saturated rings. The zero-order chi connectivity index (χ0) is 9.19. The van der Waals surface area contributed by atoms with Gasteiger partial charge in [-0.05, 0) is 50.7 Å². The van der Waals surface area contributed by atoms with Crippen LogP contribution in [-0.2, 0) is 0 Å². The van der Waals surface area contributed by atoms with Crippen molar-refractivity contribution in [1.82, 2.24) is 4.90 Å². The Bertz CT molecular complexity index is 127. The molecule has 0 saturated carbocycles. The molecule has 0 amide bonds. The summed E-state index contributed by atoms with van der Waals surface area (Å²) in [5.41, 5.74) is 0.528. The van der Waals surface area contributed by atoms with Crippen LogP contribution in [-0.4, -0.2) is 25.0 Å². The van der Waals surface area contributed by atoms with Crippen molar-refractivity contribution in [2.75, 3.05) is 20.1 Å². The van der Waals surface area contributed by atoms with Crippen molar-refractivity contribution in [2.45, 2.75) is 47.5 Å². The second-order valence-electron chi connectivity index (χ2n) is 5.51.